The van der Waals surface area contributed by atoms with Crippen LogP contribution in [0.1, 0.15) is 47.0 Å². The lowest BCUT2D eigenvalue weighted by molar-refractivity contribution is -0.926. The molecule has 0 rings (SSSR count). The van der Waals surface area contributed by atoms with Crippen LogP contribution in [0.3, 0.4) is 0 Å². The van der Waals surface area contributed by atoms with Crippen LogP contribution >= 0.6 is 0 Å². The van der Waals surface area contributed by atoms with Crippen molar-refractivity contribution in [3.05, 3.63) is 0 Å². The molecule has 0 aromatic carbocycles. The number of hydrogen-bond acceptors (Lipinski definition) is 2. The zero-order valence-corrected chi connectivity index (χ0v) is 11.2. The van der Waals surface area contributed by atoms with Crippen LogP contribution in [0.15, 0.2) is 0 Å². The van der Waals surface area contributed by atoms with Gasteiger partial charge >= 0.3 is 0 Å². The lowest BCUT2D eigenvalue weighted by Crippen LogP contribution is -2.49. The molecule has 0 bridgehead atoms. The normalized spacial score (nSPS) is 10.5. The van der Waals surface area contributed by atoms with E-state index in [1.54, 1.807) is 0 Å². The van der Waals surface area contributed by atoms with Gasteiger partial charge in [-0.25, -0.2) is 0 Å². The summed E-state index contributed by atoms with van der Waals surface area (Å²) in [6.07, 6.45) is 1.90. The van der Waals surface area contributed by atoms with Crippen molar-refractivity contribution in [1.29, 1.82) is 0 Å². The summed E-state index contributed by atoms with van der Waals surface area (Å²) < 4.78 is 1.35. The highest BCUT2D eigenvalue weighted by atomic mass is 16.6. The third kappa shape index (κ3) is 9.77. The number of hydrogen-bond donors (Lipinski definition) is 1. The third-order valence-electron chi connectivity index (χ3n) is 2.76. The lowest BCUT2D eigenvalue weighted by Gasteiger charge is -2.37. The highest BCUT2D eigenvalue weighted by Crippen LogP contribution is 2.10. The number of carbonyl (C=O) groups is 1. The summed E-state index contributed by atoms with van der Waals surface area (Å²) >= 11 is 0. The standard InChI is InChI=1S/C11H26N.CH2O3/c1-5-9-12(8-4,10-6-2)11-7-3;2-1(3)4/h5-11H2,1-4H3;(H2,2,3,4)/q+1;/p-1. The highest BCUT2D eigenvalue weighted by molar-refractivity contribution is 5.50. The number of carboxylic acid groups (broad SMARTS) is 2. The van der Waals surface area contributed by atoms with Gasteiger partial charge in [0.2, 0.25) is 6.16 Å². The Bertz CT molecular complexity index is 151. The molecule has 0 unspecified atom stereocenters. The van der Waals surface area contributed by atoms with E-state index in [1.165, 1.54) is 49.9 Å². The van der Waals surface area contributed by atoms with Crippen LogP contribution in [-0.4, -0.2) is 41.9 Å². The molecule has 98 valence electrons. The second-order valence-corrected chi connectivity index (χ2v) is 4.09. The van der Waals surface area contributed by atoms with Gasteiger partial charge in [0.25, 0.3) is 0 Å². The van der Waals surface area contributed by atoms with Gasteiger partial charge in [-0.2, -0.15) is 0 Å². The first kappa shape index (κ1) is 17.6. The fourth-order valence-corrected chi connectivity index (χ4v) is 2.23. The Kier molecular flexibility index (Phi) is 11.8. The second-order valence-electron chi connectivity index (χ2n) is 4.09. The van der Waals surface area contributed by atoms with Gasteiger partial charge in [0.15, 0.2) is 0 Å². The fourth-order valence-electron chi connectivity index (χ4n) is 2.23. The summed E-state index contributed by atoms with van der Waals surface area (Å²) in [6.45, 7) is 14.7. The molecule has 0 saturated carbocycles. The van der Waals surface area contributed by atoms with E-state index in [0.717, 1.165) is 0 Å². The van der Waals surface area contributed by atoms with E-state index >= 15 is 0 Å². The summed E-state index contributed by atoms with van der Waals surface area (Å²) in [5.74, 6) is 0. The zero-order chi connectivity index (χ0) is 13.0. The van der Waals surface area contributed by atoms with Crippen molar-refractivity contribution in [2.75, 3.05) is 26.2 Å². The Morgan fingerprint density at radius 2 is 1.25 bits per heavy atom. The van der Waals surface area contributed by atoms with Gasteiger partial charge in [0.05, 0.1) is 26.2 Å². The van der Waals surface area contributed by atoms with Crippen molar-refractivity contribution >= 4 is 6.16 Å². The minimum Gasteiger partial charge on any atom is -0.565 e. The first-order chi connectivity index (χ1) is 7.47. The Morgan fingerprint density at radius 3 is 1.38 bits per heavy atom. The van der Waals surface area contributed by atoms with Crippen LogP contribution in [-0.2, 0) is 0 Å². The Hall–Kier alpha value is -0.770. The van der Waals surface area contributed by atoms with Crippen LogP contribution in [0.2, 0.25) is 0 Å². The molecule has 4 nitrogen and oxygen atoms in total. The van der Waals surface area contributed by atoms with Crippen LogP contribution in [0.5, 0.6) is 0 Å². The summed E-state index contributed by atoms with van der Waals surface area (Å²) in [5, 5.41) is 15.3. The smallest absolute Gasteiger partial charge is 0.249 e. The molecule has 4 heteroatoms. The second kappa shape index (κ2) is 10.7. The molecule has 0 saturated heterocycles. The van der Waals surface area contributed by atoms with E-state index < -0.39 is 6.16 Å². The minimum atomic E-state index is -2.08. The van der Waals surface area contributed by atoms with E-state index in [9.17, 15) is 0 Å². The molecule has 0 aliphatic carbocycles. The van der Waals surface area contributed by atoms with Gasteiger partial charge in [-0.05, 0) is 26.2 Å². The Labute approximate surface area is 99.5 Å². The first-order valence-electron chi connectivity index (χ1n) is 6.23. The highest BCUT2D eigenvalue weighted by Gasteiger charge is 2.21. The number of nitrogens with zero attached hydrogens (tertiary/aromatic N) is 1. The molecular weight excluding hydrogens is 206 g/mol. The van der Waals surface area contributed by atoms with Crippen molar-refractivity contribution in [3.63, 3.8) is 0 Å². The predicted octanol–water partition coefficient (Wildman–Crippen LogP) is 1.94. The Morgan fingerprint density at radius 1 is 1.00 bits per heavy atom. The molecule has 0 aliphatic heterocycles. The summed E-state index contributed by atoms with van der Waals surface area (Å²) in [4.78, 5) is 8.44. The maximum absolute atomic E-state index is 8.44. The van der Waals surface area contributed by atoms with E-state index in [-0.39, 0.29) is 0 Å². The minimum absolute atomic E-state index is 1.32. The van der Waals surface area contributed by atoms with Crippen LogP contribution in [0, 0.1) is 0 Å². The molecule has 1 N–H and O–H groups in total. The van der Waals surface area contributed by atoms with Gasteiger partial charge in [-0.1, -0.05) is 20.8 Å². The molecule has 0 aliphatic rings. The van der Waals surface area contributed by atoms with Crippen molar-refractivity contribution in [1.82, 2.24) is 0 Å². The average Bonchev–Trinajstić information content (AvgIpc) is 2.18. The first-order valence-corrected chi connectivity index (χ1v) is 6.23. The molecule has 0 aromatic rings. The van der Waals surface area contributed by atoms with Crippen molar-refractivity contribution < 1.29 is 19.5 Å². The maximum atomic E-state index is 8.44. The van der Waals surface area contributed by atoms with Crippen LogP contribution < -0.4 is 5.11 Å². The Balaban J connectivity index is 0. The molecule has 0 spiro atoms. The molecule has 0 heterocycles. The molecule has 0 radical (unpaired) electrons. The van der Waals surface area contributed by atoms with Crippen LogP contribution in [0.4, 0.5) is 4.79 Å². The lowest BCUT2D eigenvalue weighted by atomic mass is 10.2. The van der Waals surface area contributed by atoms with Crippen molar-refractivity contribution in [3.8, 4) is 0 Å². The molecule has 0 amide bonds. The summed E-state index contributed by atoms with van der Waals surface area (Å²) in [7, 11) is 0. The summed E-state index contributed by atoms with van der Waals surface area (Å²) in [5.41, 5.74) is 0. The van der Waals surface area contributed by atoms with Gasteiger partial charge in [-0.15, -0.1) is 0 Å². The van der Waals surface area contributed by atoms with Gasteiger partial charge in [-0.3, -0.25) is 0 Å². The van der Waals surface area contributed by atoms with Gasteiger partial charge in [0, 0.05) is 0 Å². The van der Waals surface area contributed by atoms with Crippen molar-refractivity contribution in [2.24, 2.45) is 0 Å². The van der Waals surface area contributed by atoms with Gasteiger partial charge < -0.3 is 19.5 Å². The summed E-state index contributed by atoms with van der Waals surface area (Å²) in [6, 6.07) is 0. The monoisotopic (exact) mass is 233 g/mol. The predicted molar refractivity (Wildman–Crippen MR) is 64.3 cm³/mol. The third-order valence-corrected chi connectivity index (χ3v) is 2.76. The van der Waals surface area contributed by atoms with E-state index in [2.05, 4.69) is 27.7 Å². The number of rotatable bonds is 7. The van der Waals surface area contributed by atoms with Crippen LogP contribution in [0.25, 0.3) is 0 Å². The van der Waals surface area contributed by atoms with E-state index in [1.807, 2.05) is 0 Å². The van der Waals surface area contributed by atoms with Crippen molar-refractivity contribution in [2.45, 2.75) is 47.0 Å². The molecule has 0 atom stereocenters. The average molecular weight is 233 g/mol. The van der Waals surface area contributed by atoms with E-state index in [4.69, 9.17) is 15.0 Å². The topological polar surface area (TPSA) is 60.4 Å². The molecule has 0 aromatic heterocycles. The quantitative estimate of drug-likeness (QED) is 0.684. The molecular formula is C12H27NO3. The molecule has 0 fully saturated rings. The largest absolute Gasteiger partial charge is 0.565 e. The number of quaternary nitrogens is 1. The maximum Gasteiger partial charge on any atom is 0.249 e. The van der Waals surface area contributed by atoms with Gasteiger partial charge in [0.1, 0.15) is 0 Å². The van der Waals surface area contributed by atoms with E-state index in [0.29, 0.717) is 0 Å². The molecule has 16 heavy (non-hydrogen) atoms. The fraction of sp³-hybridized carbons (Fsp3) is 0.917. The SMILES string of the molecule is CCC[N+](CC)(CCC)CCC.O=C([O-])O. The zero-order valence-electron chi connectivity index (χ0n) is 11.2.